The predicted octanol–water partition coefficient (Wildman–Crippen LogP) is 2.59. The highest BCUT2D eigenvalue weighted by Crippen LogP contribution is 2.01. The molecule has 0 heterocycles. The number of guanidine groups is 1. The Bertz CT molecular complexity index is 609. The Hall–Kier alpha value is -0.870. The maximum Gasteiger partial charge on any atom is 0.191 e. The van der Waals surface area contributed by atoms with Gasteiger partial charge in [0.05, 0.1) is 12.4 Å². The van der Waals surface area contributed by atoms with Crippen LogP contribution in [0.25, 0.3) is 0 Å². The molecule has 1 atom stereocenters. The summed E-state index contributed by atoms with van der Waals surface area (Å²) in [7, 11) is -1.22. The maximum atomic E-state index is 11.2. The number of rotatable bonds is 11. The van der Waals surface area contributed by atoms with Gasteiger partial charge in [-0.3, -0.25) is 4.99 Å². The number of ether oxygens (including phenoxy) is 1. The van der Waals surface area contributed by atoms with Crippen LogP contribution < -0.4 is 10.6 Å². The molecule has 0 aliphatic rings. The van der Waals surface area contributed by atoms with Gasteiger partial charge in [-0.25, -0.2) is 8.42 Å². The molecule has 0 bridgehead atoms. The lowest BCUT2D eigenvalue weighted by atomic mass is 10.2. The Morgan fingerprint density at radius 2 is 1.92 bits per heavy atom. The number of aliphatic imine (C=N–C) groups is 1. The minimum Gasteiger partial charge on any atom is -0.377 e. The summed E-state index contributed by atoms with van der Waals surface area (Å²) in [4.78, 5) is 4.16. The third-order valence-electron chi connectivity index (χ3n) is 3.65. The summed E-state index contributed by atoms with van der Waals surface area (Å²) in [6.45, 7) is 4.13. The van der Waals surface area contributed by atoms with Crippen molar-refractivity contribution in [2.45, 2.75) is 38.8 Å². The molecule has 8 heteroatoms. The molecule has 0 saturated heterocycles. The largest absolute Gasteiger partial charge is 0.377 e. The SMILES string of the molecule is CN=C(NCCCCOCc1ccccc1)NC(C)CCS(C)(=O)=O.I. The topological polar surface area (TPSA) is 79.8 Å². The van der Waals surface area contributed by atoms with E-state index in [4.69, 9.17) is 4.74 Å². The summed E-state index contributed by atoms with van der Waals surface area (Å²) in [5, 5.41) is 6.45. The molecule has 6 nitrogen and oxygen atoms in total. The molecule has 2 N–H and O–H groups in total. The molecule has 0 amide bonds. The molecule has 1 aromatic carbocycles. The number of halogens is 1. The number of benzene rings is 1. The molecule has 0 fully saturated rings. The van der Waals surface area contributed by atoms with E-state index in [9.17, 15) is 8.42 Å². The van der Waals surface area contributed by atoms with Crippen LogP contribution in [0.4, 0.5) is 0 Å². The summed E-state index contributed by atoms with van der Waals surface area (Å²) in [5.74, 6) is 0.878. The van der Waals surface area contributed by atoms with Crippen molar-refractivity contribution >= 4 is 39.8 Å². The number of unbranched alkanes of at least 4 members (excludes halogenated alkanes) is 1. The van der Waals surface area contributed by atoms with Crippen LogP contribution in [0.2, 0.25) is 0 Å². The van der Waals surface area contributed by atoms with Crippen LogP contribution in [0.15, 0.2) is 35.3 Å². The molecular formula is C18H32IN3O3S. The average Bonchev–Trinajstić information content (AvgIpc) is 2.58. The van der Waals surface area contributed by atoms with Gasteiger partial charge in [-0.2, -0.15) is 0 Å². The van der Waals surface area contributed by atoms with Gasteiger partial charge in [0, 0.05) is 32.5 Å². The fourth-order valence-corrected chi connectivity index (χ4v) is 2.97. The second-order valence-corrected chi connectivity index (χ2v) is 8.47. The number of nitrogens with one attached hydrogen (secondary N) is 2. The van der Waals surface area contributed by atoms with Crippen LogP contribution in [-0.2, 0) is 21.2 Å². The molecular weight excluding hydrogens is 465 g/mol. The third-order valence-corrected chi connectivity index (χ3v) is 4.63. The number of hydrogen-bond acceptors (Lipinski definition) is 4. The van der Waals surface area contributed by atoms with Gasteiger partial charge < -0.3 is 15.4 Å². The summed E-state index contributed by atoms with van der Waals surface area (Å²) in [6.07, 6.45) is 3.77. The summed E-state index contributed by atoms with van der Waals surface area (Å²) >= 11 is 0. The molecule has 1 rings (SSSR count). The van der Waals surface area contributed by atoms with Crippen LogP contribution in [0.5, 0.6) is 0 Å². The van der Waals surface area contributed by atoms with E-state index in [1.54, 1.807) is 7.05 Å². The monoisotopic (exact) mass is 497 g/mol. The Balaban J connectivity index is 0.00000625. The minimum atomic E-state index is -2.93. The molecule has 0 aliphatic heterocycles. The minimum absolute atomic E-state index is 0. The van der Waals surface area contributed by atoms with Gasteiger partial charge in [0.15, 0.2) is 5.96 Å². The van der Waals surface area contributed by atoms with E-state index in [1.165, 1.54) is 11.8 Å². The van der Waals surface area contributed by atoms with Gasteiger partial charge in [0.1, 0.15) is 9.84 Å². The lowest BCUT2D eigenvalue weighted by molar-refractivity contribution is 0.117. The van der Waals surface area contributed by atoms with Crippen LogP contribution >= 0.6 is 24.0 Å². The second kappa shape index (κ2) is 14.2. The first-order valence-electron chi connectivity index (χ1n) is 8.67. The zero-order valence-electron chi connectivity index (χ0n) is 15.9. The van der Waals surface area contributed by atoms with Crippen LogP contribution in [-0.4, -0.2) is 52.6 Å². The predicted molar refractivity (Wildman–Crippen MR) is 119 cm³/mol. The summed E-state index contributed by atoms with van der Waals surface area (Å²) in [5.41, 5.74) is 1.19. The highest BCUT2D eigenvalue weighted by atomic mass is 127. The van der Waals surface area contributed by atoms with Crippen molar-refractivity contribution in [3.63, 3.8) is 0 Å². The summed E-state index contributed by atoms with van der Waals surface area (Å²) < 4.78 is 28.0. The van der Waals surface area contributed by atoms with E-state index in [0.717, 1.165) is 26.0 Å². The van der Waals surface area contributed by atoms with Crippen LogP contribution in [0.3, 0.4) is 0 Å². The number of sulfone groups is 1. The fraction of sp³-hybridized carbons (Fsp3) is 0.611. The Labute approximate surface area is 175 Å². The van der Waals surface area contributed by atoms with E-state index in [0.29, 0.717) is 19.0 Å². The number of nitrogens with zero attached hydrogens (tertiary/aromatic N) is 1. The highest BCUT2D eigenvalue weighted by molar-refractivity contribution is 14.0. The number of hydrogen-bond donors (Lipinski definition) is 2. The van der Waals surface area contributed by atoms with Crippen molar-refractivity contribution in [2.75, 3.05) is 32.2 Å². The van der Waals surface area contributed by atoms with Gasteiger partial charge in [-0.15, -0.1) is 24.0 Å². The van der Waals surface area contributed by atoms with E-state index in [2.05, 4.69) is 27.8 Å². The molecule has 0 aliphatic carbocycles. The van der Waals surface area contributed by atoms with E-state index in [-0.39, 0.29) is 35.8 Å². The maximum absolute atomic E-state index is 11.2. The molecule has 1 aromatic rings. The standard InChI is InChI=1S/C18H31N3O3S.HI/c1-16(11-14-25(3,22)23)21-18(19-2)20-12-7-8-13-24-15-17-9-5-4-6-10-17;/h4-6,9-10,16H,7-8,11-15H2,1-3H3,(H2,19,20,21);1H. The Morgan fingerprint density at radius 3 is 2.54 bits per heavy atom. The van der Waals surface area contributed by atoms with Crippen molar-refractivity contribution in [3.05, 3.63) is 35.9 Å². The van der Waals surface area contributed by atoms with Crippen molar-refractivity contribution in [1.82, 2.24) is 10.6 Å². The van der Waals surface area contributed by atoms with Gasteiger partial charge in [0.2, 0.25) is 0 Å². The molecule has 0 spiro atoms. The quantitative estimate of drug-likeness (QED) is 0.213. The van der Waals surface area contributed by atoms with Crippen molar-refractivity contribution < 1.29 is 13.2 Å². The average molecular weight is 497 g/mol. The van der Waals surface area contributed by atoms with E-state index in [1.807, 2.05) is 25.1 Å². The lowest BCUT2D eigenvalue weighted by Gasteiger charge is -2.17. The smallest absolute Gasteiger partial charge is 0.191 e. The fourth-order valence-electron chi connectivity index (χ4n) is 2.19. The van der Waals surface area contributed by atoms with E-state index < -0.39 is 9.84 Å². The van der Waals surface area contributed by atoms with Gasteiger partial charge in [-0.1, -0.05) is 30.3 Å². The first kappa shape index (κ1) is 25.1. The zero-order valence-corrected chi connectivity index (χ0v) is 19.0. The first-order chi connectivity index (χ1) is 11.9. The molecule has 0 saturated carbocycles. The van der Waals surface area contributed by atoms with Gasteiger partial charge in [-0.05, 0) is 31.7 Å². The third kappa shape index (κ3) is 13.3. The van der Waals surface area contributed by atoms with Crippen LogP contribution in [0.1, 0.15) is 31.7 Å². The molecule has 0 aromatic heterocycles. The van der Waals surface area contributed by atoms with Crippen molar-refractivity contribution in [1.29, 1.82) is 0 Å². The first-order valence-corrected chi connectivity index (χ1v) is 10.7. The van der Waals surface area contributed by atoms with Crippen molar-refractivity contribution in [2.24, 2.45) is 4.99 Å². The zero-order chi connectivity index (χ0) is 18.5. The van der Waals surface area contributed by atoms with E-state index >= 15 is 0 Å². The van der Waals surface area contributed by atoms with Crippen molar-refractivity contribution in [3.8, 4) is 0 Å². The second-order valence-electron chi connectivity index (χ2n) is 6.21. The summed E-state index contributed by atoms with van der Waals surface area (Å²) in [6, 6.07) is 10.2. The van der Waals surface area contributed by atoms with Gasteiger partial charge in [0.25, 0.3) is 0 Å². The molecule has 0 radical (unpaired) electrons. The van der Waals surface area contributed by atoms with Crippen LogP contribution in [0, 0.1) is 0 Å². The Kier molecular flexibility index (Phi) is 13.7. The molecule has 1 unspecified atom stereocenters. The lowest BCUT2D eigenvalue weighted by Crippen LogP contribution is -2.43. The Morgan fingerprint density at radius 1 is 1.23 bits per heavy atom. The normalized spacial score (nSPS) is 13.0. The molecule has 150 valence electrons. The highest BCUT2D eigenvalue weighted by Gasteiger charge is 2.09. The van der Waals surface area contributed by atoms with Gasteiger partial charge >= 0.3 is 0 Å². The molecule has 26 heavy (non-hydrogen) atoms.